The van der Waals surface area contributed by atoms with Crippen LogP contribution in [0.15, 0.2) is 12.1 Å². The molecule has 4 nitrogen and oxygen atoms in total. The minimum absolute atomic E-state index is 0.0776. The summed E-state index contributed by atoms with van der Waals surface area (Å²) in [7, 11) is 3.21. The van der Waals surface area contributed by atoms with Gasteiger partial charge in [0.1, 0.15) is 5.75 Å². The van der Waals surface area contributed by atoms with E-state index in [1.807, 2.05) is 13.8 Å². The standard InChI is InChI=1S/C13H20N2O2/c1-9-7-10(2)13(17-4)11(8-9)5-6-12(16)15(3)14/h7-8H,5-6,14H2,1-4H3. The van der Waals surface area contributed by atoms with E-state index in [0.717, 1.165) is 21.9 Å². The van der Waals surface area contributed by atoms with Gasteiger partial charge in [0.15, 0.2) is 0 Å². The molecule has 0 aromatic heterocycles. The summed E-state index contributed by atoms with van der Waals surface area (Å²) in [5, 5.41) is 1.12. The molecule has 0 radical (unpaired) electrons. The smallest absolute Gasteiger partial charge is 0.236 e. The quantitative estimate of drug-likeness (QED) is 0.490. The molecule has 0 spiro atoms. The number of methoxy groups -OCH3 is 1. The number of ether oxygens (including phenoxy) is 1. The Morgan fingerprint density at radius 1 is 1.41 bits per heavy atom. The molecular weight excluding hydrogens is 216 g/mol. The monoisotopic (exact) mass is 236 g/mol. The van der Waals surface area contributed by atoms with Crippen LogP contribution in [0.4, 0.5) is 0 Å². The zero-order valence-corrected chi connectivity index (χ0v) is 10.9. The number of carbonyl (C=O) groups is 1. The van der Waals surface area contributed by atoms with E-state index in [2.05, 4.69) is 12.1 Å². The van der Waals surface area contributed by atoms with E-state index in [0.29, 0.717) is 12.8 Å². The Hall–Kier alpha value is -1.55. The second kappa shape index (κ2) is 5.68. The van der Waals surface area contributed by atoms with Crippen LogP contribution in [0.3, 0.4) is 0 Å². The van der Waals surface area contributed by atoms with Crippen LogP contribution in [0.2, 0.25) is 0 Å². The summed E-state index contributed by atoms with van der Waals surface area (Å²) in [6, 6.07) is 4.12. The van der Waals surface area contributed by atoms with Crippen molar-refractivity contribution in [1.82, 2.24) is 5.01 Å². The Kier molecular flexibility index (Phi) is 4.52. The second-order valence-electron chi connectivity index (χ2n) is 4.28. The van der Waals surface area contributed by atoms with Gasteiger partial charge < -0.3 is 4.74 Å². The molecule has 0 aliphatic rings. The fourth-order valence-corrected chi connectivity index (χ4v) is 1.94. The molecule has 94 valence electrons. The van der Waals surface area contributed by atoms with E-state index < -0.39 is 0 Å². The molecule has 0 unspecified atom stereocenters. The van der Waals surface area contributed by atoms with Crippen LogP contribution in [0.25, 0.3) is 0 Å². The average molecular weight is 236 g/mol. The first kappa shape index (κ1) is 13.5. The summed E-state index contributed by atoms with van der Waals surface area (Å²) in [5.74, 6) is 6.17. The number of nitrogens with two attached hydrogens (primary N) is 1. The van der Waals surface area contributed by atoms with E-state index in [1.54, 1.807) is 14.2 Å². The Bertz CT molecular complexity index is 414. The third-order valence-electron chi connectivity index (χ3n) is 2.70. The van der Waals surface area contributed by atoms with Crippen molar-refractivity contribution in [3.63, 3.8) is 0 Å². The topological polar surface area (TPSA) is 55.6 Å². The van der Waals surface area contributed by atoms with Crippen molar-refractivity contribution in [3.8, 4) is 5.75 Å². The lowest BCUT2D eigenvalue weighted by molar-refractivity contribution is -0.130. The number of benzene rings is 1. The highest BCUT2D eigenvalue weighted by molar-refractivity contribution is 5.75. The molecular formula is C13H20N2O2. The lowest BCUT2D eigenvalue weighted by Crippen LogP contribution is -2.33. The first-order valence-corrected chi connectivity index (χ1v) is 5.61. The highest BCUT2D eigenvalue weighted by Crippen LogP contribution is 2.26. The first-order valence-electron chi connectivity index (χ1n) is 5.61. The number of aryl methyl sites for hydroxylation is 3. The summed E-state index contributed by atoms with van der Waals surface area (Å²) in [5.41, 5.74) is 3.32. The third-order valence-corrected chi connectivity index (χ3v) is 2.70. The van der Waals surface area contributed by atoms with Crippen molar-refractivity contribution in [2.24, 2.45) is 5.84 Å². The molecule has 0 aliphatic carbocycles. The molecule has 0 heterocycles. The van der Waals surface area contributed by atoms with Crippen LogP contribution in [0.5, 0.6) is 5.75 Å². The van der Waals surface area contributed by atoms with Crippen LogP contribution in [-0.4, -0.2) is 25.1 Å². The SMILES string of the molecule is COc1c(C)cc(C)cc1CCC(=O)N(C)N. The highest BCUT2D eigenvalue weighted by Gasteiger charge is 2.10. The van der Waals surface area contributed by atoms with Crippen LogP contribution in [0.1, 0.15) is 23.1 Å². The lowest BCUT2D eigenvalue weighted by atomic mass is 10.0. The molecule has 0 aliphatic heterocycles. The van der Waals surface area contributed by atoms with Crippen molar-refractivity contribution in [2.45, 2.75) is 26.7 Å². The fourth-order valence-electron chi connectivity index (χ4n) is 1.94. The Morgan fingerprint density at radius 2 is 2.06 bits per heavy atom. The molecule has 1 aromatic carbocycles. The zero-order chi connectivity index (χ0) is 13.0. The minimum Gasteiger partial charge on any atom is -0.496 e. The van der Waals surface area contributed by atoms with Gasteiger partial charge in [-0.25, -0.2) is 5.84 Å². The number of hydrogen-bond acceptors (Lipinski definition) is 3. The highest BCUT2D eigenvalue weighted by atomic mass is 16.5. The second-order valence-corrected chi connectivity index (χ2v) is 4.28. The average Bonchev–Trinajstić information content (AvgIpc) is 2.24. The summed E-state index contributed by atoms with van der Waals surface area (Å²) >= 11 is 0. The number of amides is 1. The van der Waals surface area contributed by atoms with E-state index in [-0.39, 0.29) is 5.91 Å². The molecule has 0 atom stereocenters. The van der Waals surface area contributed by atoms with Gasteiger partial charge in [0.25, 0.3) is 0 Å². The number of carbonyl (C=O) groups excluding carboxylic acids is 1. The normalized spacial score (nSPS) is 10.2. The first-order chi connectivity index (χ1) is 7.95. The van der Waals surface area contributed by atoms with E-state index in [9.17, 15) is 4.79 Å². The molecule has 2 N–H and O–H groups in total. The van der Waals surface area contributed by atoms with Gasteiger partial charge in [0, 0.05) is 13.5 Å². The Morgan fingerprint density at radius 3 is 2.59 bits per heavy atom. The van der Waals surface area contributed by atoms with Crippen LogP contribution in [0, 0.1) is 13.8 Å². The van der Waals surface area contributed by atoms with E-state index >= 15 is 0 Å². The largest absolute Gasteiger partial charge is 0.496 e. The van der Waals surface area contributed by atoms with Gasteiger partial charge in [0.05, 0.1) is 7.11 Å². The van der Waals surface area contributed by atoms with Gasteiger partial charge in [-0.2, -0.15) is 0 Å². The maximum absolute atomic E-state index is 11.4. The van der Waals surface area contributed by atoms with Crippen molar-refractivity contribution < 1.29 is 9.53 Å². The molecule has 1 rings (SSSR count). The van der Waals surface area contributed by atoms with Crippen LogP contribution >= 0.6 is 0 Å². The van der Waals surface area contributed by atoms with Crippen molar-refractivity contribution in [2.75, 3.05) is 14.2 Å². The Balaban J connectivity index is 2.86. The lowest BCUT2D eigenvalue weighted by Gasteiger charge is -2.14. The molecule has 0 saturated heterocycles. The number of rotatable bonds is 4. The molecule has 1 aromatic rings. The van der Waals surface area contributed by atoms with E-state index in [1.165, 1.54) is 5.56 Å². The van der Waals surface area contributed by atoms with Gasteiger partial charge in [-0.15, -0.1) is 0 Å². The molecule has 0 bridgehead atoms. The number of nitrogens with zero attached hydrogens (tertiary/aromatic N) is 1. The predicted molar refractivity (Wildman–Crippen MR) is 67.7 cm³/mol. The van der Waals surface area contributed by atoms with Gasteiger partial charge >= 0.3 is 0 Å². The van der Waals surface area contributed by atoms with Crippen molar-refractivity contribution >= 4 is 5.91 Å². The predicted octanol–water partition coefficient (Wildman–Crippen LogP) is 1.58. The van der Waals surface area contributed by atoms with Crippen LogP contribution < -0.4 is 10.6 Å². The molecule has 0 fully saturated rings. The van der Waals surface area contributed by atoms with Gasteiger partial charge in [-0.1, -0.05) is 17.7 Å². The summed E-state index contributed by atoms with van der Waals surface area (Å²) in [6.45, 7) is 4.04. The minimum atomic E-state index is -0.0776. The zero-order valence-electron chi connectivity index (χ0n) is 10.9. The molecule has 1 amide bonds. The summed E-state index contributed by atoms with van der Waals surface area (Å²) in [6.07, 6.45) is 1.04. The Labute approximate surface area is 102 Å². The maximum Gasteiger partial charge on any atom is 0.236 e. The number of hydrogen-bond donors (Lipinski definition) is 1. The molecule has 17 heavy (non-hydrogen) atoms. The van der Waals surface area contributed by atoms with Gasteiger partial charge in [0.2, 0.25) is 5.91 Å². The number of hydrazine groups is 1. The van der Waals surface area contributed by atoms with Gasteiger partial charge in [-0.05, 0) is 31.4 Å². The molecule has 0 saturated carbocycles. The van der Waals surface area contributed by atoms with Crippen LogP contribution in [-0.2, 0) is 11.2 Å². The fraction of sp³-hybridized carbons (Fsp3) is 0.462. The van der Waals surface area contributed by atoms with Crippen molar-refractivity contribution in [3.05, 3.63) is 28.8 Å². The molecule has 4 heteroatoms. The summed E-state index contributed by atoms with van der Waals surface area (Å²) < 4.78 is 5.37. The van der Waals surface area contributed by atoms with Crippen molar-refractivity contribution in [1.29, 1.82) is 0 Å². The maximum atomic E-state index is 11.4. The van der Waals surface area contributed by atoms with Gasteiger partial charge in [-0.3, -0.25) is 9.80 Å². The van der Waals surface area contributed by atoms with E-state index in [4.69, 9.17) is 10.6 Å². The summed E-state index contributed by atoms with van der Waals surface area (Å²) in [4.78, 5) is 11.4. The third kappa shape index (κ3) is 3.46.